The second-order valence-corrected chi connectivity index (χ2v) is 5.52. The van der Waals surface area contributed by atoms with Crippen LogP contribution < -0.4 is 0 Å². The molecule has 1 saturated heterocycles. The predicted octanol–water partition coefficient (Wildman–Crippen LogP) is 5.05. The van der Waals surface area contributed by atoms with Crippen molar-refractivity contribution in [2.75, 3.05) is 20.1 Å². The zero-order valence-corrected chi connectivity index (χ0v) is 15.8. The first kappa shape index (κ1) is 20.3. The van der Waals surface area contributed by atoms with Gasteiger partial charge >= 0.3 is 0 Å². The number of aryl methyl sites for hydroxylation is 1. The third-order valence-electron chi connectivity index (χ3n) is 3.88. The number of benzene rings is 1. The van der Waals surface area contributed by atoms with Gasteiger partial charge in [-0.2, -0.15) is 4.98 Å². The molecule has 0 aliphatic carbocycles. The molecular weight excluding hydrogens is 305 g/mol. The van der Waals surface area contributed by atoms with Crippen molar-refractivity contribution in [1.29, 1.82) is 0 Å². The number of rotatable bonds is 2. The first-order valence-corrected chi connectivity index (χ1v) is 8.92. The number of likely N-dealkylation sites (tertiary alicyclic amines) is 1. The molecule has 1 aliphatic heterocycles. The number of hydrogen-bond acceptors (Lipinski definition) is 4. The van der Waals surface area contributed by atoms with Crippen molar-refractivity contribution in [2.45, 2.75) is 53.4 Å². The highest BCUT2D eigenvalue weighted by Gasteiger charge is 2.24. The van der Waals surface area contributed by atoms with Crippen molar-refractivity contribution in [2.24, 2.45) is 0 Å². The van der Waals surface area contributed by atoms with E-state index in [0.29, 0.717) is 17.3 Å². The first-order valence-electron chi connectivity index (χ1n) is 8.92. The van der Waals surface area contributed by atoms with Crippen molar-refractivity contribution in [1.82, 2.24) is 15.0 Å². The second kappa shape index (κ2) is 10.2. The highest BCUT2D eigenvalue weighted by atomic mass is 19.1. The number of halogens is 1. The van der Waals surface area contributed by atoms with E-state index in [1.807, 2.05) is 40.7 Å². The predicted molar refractivity (Wildman–Crippen MR) is 96.6 cm³/mol. The Hall–Kier alpha value is -1.75. The molecule has 0 bridgehead atoms. The fourth-order valence-corrected chi connectivity index (χ4v) is 2.57. The van der Waals surface area contributed by atoms with Gasteiger partial charge in [0.05, 0.1) is 5.56 Å². The van der Waals surface area contributed by atoms with Crippen LogP contribution in [-0.4, -0.2) is 35.2 Å². The fourth-order valence-electron chi connectivity index (χ4n) is 2.57. The summed E-state index contributed by atoms with van der Waals surface area (Å²) in [7, 11) is 2.11. The Labute approximate surface area is 145 Å². The normalized spacial score (nSPS) is 15.1. The molecule has 0 atom stereocenters. The molecule has 0 amide bonds. The number of aromatic nitrogens is 2. The Morgan fingerprint density at radius 2 is 1.75 bits per heavy atom. The van der Waals surface area contributed by atoms with E-state index in [1.165, 1.54) is 6.07 Å². The van der Waals surface area contributed by atoms with Crippen molar-refractivity contribution in [3.63, 3.8) is 0 Å². The van der Waals surface area contributed by atoms with Crippen LogP contribution in [0.5, 0.6) is 0 Å². The Balaban J connectivity index is 0.000000671. The summed E-state index contributed by atoms with van der Waals surface area (Å²) in [5, 5.41) is 4.03. The van der Waals surface area contributed by atoms with Crippen LogP contribution in [0, 0.1) is 12.7 Å². The number of nitrogens with zero attached hydrogens (tertiary/aromatic N) is 3. The quantitative estimate of drug-likeness (QED) is 0.770. The summed E-state index contributed by atoms with van der Waals surface area (Å²) in [4.78, 5) is 6.67. The minimum atomic E-state index is -0.316. The van der Waals surface area contributed by atoms with E-state index < -0.39 is 0 Å². The van der Waals surface area contributed by atoms with Gasteiger partial charge < -0.3 is 9.42 Å². The molecule has 0 radical (unpaired) electrons. The molecule has 2 aromatic rings. The second-order valence-electron chi connectivity index (χ2n) is 5.52. The average molecular weight is 335 g/mol. The lowest BCUT2D eigenvalue weighted by atomic mass is 9.96. The smallest absolute Gasteiger partial charge is 0.260 e. The zero-order chi connectivity index (χ0) is 18.1. The lowest BCUT2D eigenvalue weighted by Crippen LogP contribution is -2.29. The van der Waals surface area contributed by atoms with Crippen LogP contribution >= 0.6 is 0 Å². The maximum atomic E-state index is 13.9. The van der Waals surface area contributed by atoms with Gasteiger partial charge in [0.25, 0.3) is 5.89 Å². The molecule has 1 aromatic heterocycles. The third-order valence-corrected chi connectivity index (χ3v) is 3.88. The summed E-state index contributed by atoms with van der Waals surface area (Å²) in [5.41, 5.74) is 1.25. The Kier molecular flexibility index (Phi) is 8.61. The standard InChI is InChI=1S/C15H18FN3O.2C2H6/c1-10-3-4-12(13(16)9-10)15-17-14(18-20-15)11-5-7-19(2)8-6-11;2*1-2/h3-4,9,11H,5-8H2,1-2H3;2*1-2H3. The largest absolute Gasteiger partial charge is 0.334 e. The molecule has 3 rings (SSSR count). The van der Waals surface area contributed by atoms with Crippen LogP contribution in [-0.2, 0) is 0 Å². The van der Waals surface area contributed by atoms with Gasteiger partial charge in [-0.25, -0.2) is 4.39 Å². The first-order chi connectivity index (χ1) is 11.6. The molecule has 1 aromatic carbocycles. The van der Waals surface area contributed by atoms with Crippen molar-refractivity contribution >= 4 is 0 Å². The van der Waals surface area contributed by atoms with Crippen LogP contribution in [0.1, 0.15) is 57.8 Å². The fraction of sp³-hybridized carbons (Fsp3) is 0.579. The van der Waals surface area contributed by atoms with Gasteiger partial charge in [0.2, 0.25) is 0 Å². The molecule has 4 nitrogen and oxygen atoms in total. The molecule has 2 heterocycles. The summed E-state index contributed by atoms with van der Waals surface area (Å²) < 4.78 is 19.1. The Morgan fingerprint density at radius 3 is 2.33 bits per heavy atom. The van der Waals surface area contributed by atoms with E-state index in [-0.39, 0.29) is 11.7 Å². The minimum absolute atomic E-state index is 0.274. The van der Waals surface area contributed by atoms with E-state index >= 15 is 0 Å². The highest BCUT2D eigenvalue weighted by Crippen LogP contribution is 2.28. The summed E-state index contributed by atoms with van der Waals surface area (Å²) in [5.74, 6) is 0.977. The zero-order valence-electron chi connectivity index (χ0n) is 15.8. The monoisotopic (exact) mass is 335 g/mol. The van der Waals surface area contributed by atoms with Gasteiger partial charge in [0.1, 0.15) is 5.82 Å². The van der Waals surface area contributed by atoms with Crippen molar-refractivity contribution in [3.05, 3.63) is 35.4 Å². The molecule has 5 heteroatoms. The van der Waals surface area contributed by atoms with Crippen LogP contribution in [0.3, 0.4) is 0 Å². The molecule has 0 spiro atoms. The minimum Gasteiger partial charge on any atom is -0.334 e. The number of piperidine rings is 1. The van der Waals surface area contributed by atoms with Gasteiger partial charge in [-0.05, 0) is 57.6 Å². The van der Waals surface area contributed by atoms with Crippen LogP contribution in [0.15, 0.2) is 22.7 Å². The van der Waals surface area contributed by atoms with E-state index in [9.17, 15) is 4.39 Å². The lowest BCUT2D eigenvalue weighted by molar-refractivity contribution is 0.248. The molecular formula is C19H30FN3O. The number of hydrogen-bond donors (Lipinski definition) is 0. The van der Waals surface area contributed by atoms with Crippen LogP contribution in [0.4, 0.5) is 4.39 Å². The molecule has 0 unspecified atom stereocenters. The molecule has 0 N–H and O–H groups in total. The maximum Gasteiger partial charge on any atom is 0.260 e. The van der Waals surface area contributed by atoms with Gasteiger partial charge in [0.15, 0.2) is 5.82 Å². The maximum absolute atomic E-state index is 13.9. The van der Waals surface area contributed by atoms with Crippen LogP contribution in [0.25, 0.3) is 11.5 Å². The van der Waals surface area contributed by atoms with Gasteiger partial charge in [0, 0.05) is 5.92 Å². The molecule has 1 aliphatic rings. The average Bonchev–Trinajstić information content (AvgIpc) is 3.09. The van der Waals surface area contributed by atoms with Crippen molar-refractivity contribution in [3.8, 4) is 11.5 Å². The van der Waals surface area contributed by atoms with E-state index in [1.54, 1.807) is 6.07 Å². The molecule has 0 saturated carbocycles. The SMILES string of the molecule is CC.CC.Cc1ccc(-c2nc(C3CCN(C)CC3)no2)c(F)c1. The van der Waals surface area contributed by atoms with E-state index in [2.05, 4.69) is 22.1 Å². The van der Waals surface area contributed by atoms with Gasteiger partial charge in [-0.1, -0.05) is 38.9 Å². The van der Waals surface area contributed by atoms with Gasteiger partial charge in [-0.15, -0.1) is 0 Å². The van der Waals surface area contributed by atoms with Gasteiger partial charge in [-0.3, -0.25) is 0 Å². The van der Waals surface area contributed by atoms with E-state index in [0.717, 1.165) is 31.5 Å². The lowest BCUT2D eigenvalue weighted by Gasteiger charge is -2.26. The van der Waals surface area contributed by atoms with Crippen molar-refractivity contribution < 1.29 is 8.91 Å². The third kappa shape index (κ3) is 5.13. The summed E-state index contributed by atoms with van der Waals surface area (Å²) in [6.45, 7) is 11.9. The summed E-state index contributed by atoms with van der Waals surface area (Å²) in [6.07, 6.45) is 2.04. The summed E-state index contributed by atoms with van der Waals surface area (Å²) in [6, 6.07) is 5.02. The summed E-state index contributed by atoms with van der Waals surface area (Å²) >= 11 is 0. The van der Waals surface area contributed by atoms with Crippen LogP contribution in [0.2, 0.25) is 0 Å². The van der Waals surface area contributed by atoms with E-state index in [4.69, 9.17) is 4.52 Å². The molecule has 1 fully saturated rings. The topological polar surface area (TPSA) is 42.2 Å². The molecule has 134 valence electrons. The Morgan fingerprint density at radius 1 is 1.12 bits per heavy atom. The molecule has 24 heavy (non-hydrogen) atoms. The highest BCUT2D eigenvalue weighted by molar-refractivity contribution is 5.54. The Bertz CT molecular complexity index is 604.